The van der Waals surface area contributed by atoms with E-state index in [0.29, 0.717) is 6.61 Å². The Morgan fingerprint density at radius 3 is 2.86 bits per heavy atom. The normalized spacial score (nSPS) is 16.0. The topological polar surface area (TPSA) is 37.5 Å². The third-order valence-corrected chi connectivity index (χ3v) is 5.97. The molecular formula is C25H30N2O2. The molecule has 2 aromatic carbocycles. The fourth-order valence-corrected chi connectivity index (χ4v) is 4.50. The summed E-state index contributed by atoms with van der Waals surface area (Å²) < 4.78 is 11.4. The number of hydrogen-bond acceptors (Lipinski definition) is 3. The number of aryl methyl sites for hydroxylation is 2. The Hall–Kier alpha value is -2.88. The first-order valence-electron chi connectivity index (χ1n) is 10.4. The predicted octanol–water partition coefficient (Wildman–Crippen LogP) is 5.56. The number of hydrogen-bond donors (Lipinski definition) is 1. The van der Waals surface area contributed by atoms with Gasteiger partial charge >= 0.3 is 0 Å². The number of ether oxygens (including phenoxy) is 2. The van der Waals surface area contributed by atoms with Crippen molar-refractivity contribution in [2.24, 2.45) is 0 Å². The minimum Gasteiger partial charge on any atom is -0.493 e. The van der Waals surface area contributed by atoms with E-state index in [0.717, 1.165) is 37.3 Å². The summed E-state index contributed by atoms with van der Waals surface area (Å²) >= 11 is 0. The van der Waals surface area contributed by atoms with E-state index in [2.05, 4.69) is 59.9 Å². The van der Waals surface area contributed by atoms with Gasteiger partial charge in [-0.05, 0) is 79.8 Å². The minimum absolute atomic E-state index is 0.289. The molecule has 29 heavy (non-hydrogen) atoms. The predicted molar refractivity (Wildman–Crippen MR) is 119 cm³/mol. The van der Waals surface area contributed by atoms with Gasteiger partial charge in [-0.15, -0.1) is 0 Å². The van der Waals surface area contributed by atoms with Crippen LogP contribution in [-0.4, -0.2) is 30.1 Å². The lowest BCUT2D eigenvalue weighted by atomic mass is 9.88. The van der Waals surface area contributed by atoms with Gasteiger partial charge in [0.15, 0.2) is 11.5 Å². The number of nitrogens with zero attached hydrogens (tertiary/aromatic N) is 1. The Morgan fingerprint density at radius 1 is 1.24 bits per heavy atom. The van der Waals surface area contributed by atoms with E-state index < -0.39 is 0 Å². The number of fused-ring (bicyclic) bond motifs is 2. The molecule has 0 saturated carbocycles. The lowest BCUT2D eigenvalue weighted by Crippen LogP contribution is -2.31. The number of nitrogens with one attached hydrogen (secondary N) is 1. The molecule has 0 aliphatic carbocycles. The van der Waals surface area contributed by atoms with Crippen LogP contribution in [0.4, 0.5) is 0 Å². The highest BCUT2D eigenvalue weighted by molar-refractivity contribution is 5.83. The first-order valence-corrected chi connectivity index (χ1v) is 10.4. The molecule has 0 spiro atoms. The van der Waals surface area contributed by atoms with Gasteiger partial charge in [0.2, 0.25) is 0 Å². The highest BCUT2D eigenvalue weighted by Gasteiger charge is 2.27. The Balaban J connectivity index is 1.65. The number of rotatable bonds is 7. The molecule has 4 nitrogen and oxygen atoms in total. The van der Waals surface area contributed by atoms with Gasteiger partial charge in [0.1, 0.15) is 0 Å². The fraction of sp³-hybridized carbons (Fsp3) is 0.360. The average molecular weight is 391 g/mol. The molecule has 0 bridgehead atoms. The van der Waals surface area contributed by atoms with Crippen LogP contribution in [0.15, 0.2) is 49.3 Å². The summed E-state index contributed by atoms with van der Waals surface area (Å²) in [5.41, 5.74) is 6.55. The van der Waals surface area contributed by atoms with E-state index in [1.807, 2.05) is 13.1 Å². The maximum absolute atomic E-state index is 5.86. The van der Waals surface area contributed by atoms with Crippen LogP contribution in [0.25, 0.3) is 10.9 Å². The highest BCUT2D eigenvalue weighted by Crippen LogP contribution is 2.40. The first kappa shape index (κ1) is 19.4. The molecule has 0 amide bonds. The van der Waals surface area contributed by atoms with Gasteiger partial charge < -0.3 is 19.4 Å². The van der Waals surface area contributed by atoms with Gasteiger partial charge in [-0.2, -0.15) is 0 Å². The number of benzene rings is 2. The van der Waals surface area contributed by atoms with Crippen molar-refractivity contribution >= 4 is 10.9 Å². The number of aromatic nitrogens is 1. The third kappa shape index (κ3) is 3.71. The van der Waals surface area contributed by atoms with Crippen molar-refractivity contribution in [2.75, 3.05) is 20.3 Å². The van der Waals surface area contributed by atoms with E-state index in [1.54, 1.807) is 7.11 Å². The van der Waals surface area contributed by atoms with Crippen LogP contribution in [0, 0.1) is 6.92 Å². The van der Waals surface area contributed by atoms with E-state index >= 15 is 0 Å². The number of H-pyrrole nitrogens is 1. The molecule has 1 N–H and O–H groups in total. The molecule has 0 fully saturated rings. The molecule has 1 atom stereocenters. The van der Waals surface area contributed by atoms with Crippen LogP contribution in [-0.2, 0) is 12.8 Å². The molecule has 0 saturated heterocycles. The van der Waals surface area contributed by atoms with Crippen molar-refractivity contribution < 1.29 is 9.47 Å². The second-order valence-electron chi connectivity index (χ2n) is 7.72. The lowest BCUT2D eigenvalue weighted by Gasteiger charge is -2.37. The molecule has 1 aliphatic heterocycles. The summed E-state index contributed by atoms with van der Waals surface area (Å²) in [6.07, 6.45) is 7.17. The summed E-state index contributed by atoms with van der Waals surface area (Å²) in [5.74, 6) is 1.65. The molecule has 4 rings (SSSR count). The lowest BCUT2D eigenvalue weighted by molar-refractivity contribution is 0.248. The van der Waals surface area contributed by atoms with Crippen LogP contribution in [0.2, 0.25) is 0 Å². The molecule has 0 radical (unpaired) electrons. The van der Waals surface area contributed by atoms with Crippen molar-refractivity contribution in [3.63, 3.8) is 0 Å². The van der Waals surface area contributed by atoms with Gasteiger partial charge in [-0.1, -0.05) is 18.7 Å². The third-order valence-electron chi connectivity index (χ3n) is 5.97. The van der Waals surface area contributed by atoms with Crippen LogP contribution >= 0.6 is 0 Å². The van der Waals surface area contributed by atoms with Gasteiger partial charge in [-0.3, -0.25) is 0 Å². The van der Waals surface area contributed by atoms with Crippen LogP contribution < -0.4 is 9.47 Å². The van der Waals surface area contributed by atoms with E-state index in [9.17, 15) is 0 Å². The summed E-state index contributed by atoms with van der Waals surface area (Å²) in [5, 5.41) is 1.32. The molecule has 3 aromatic rings. The maximum atomic E-state index is 5.86. The van der Waals surface area contributed by atoms with Crippen LogP contribution in [0.1, 0.15) is 41.6 Å². The van der Waals surface area contributed by atoms with Crippen molar-refractivity contribution in [1.29, 1.82) is 0 Å². The van der Waals surface area contributed by atoms with Crippen molar-refractivity contribution in [3.05, 3.63) is 71.6 Å². The molecular weight excluding hydrogens is 360 g/mol. The SMILES string of the molecule is C=CN1CCc2cc(OC)c(OCC)cc2[C@@H]1CCc1c[nH]c2cc(C)ccc12. The van der Waals surface area contributed by atoms with Crippen molar-refractivity contribution in [2.45, 2.75) is 39.2 Å². The second-order valence-corrected chi connectivity index (χ2v) is 7.72. The molecule has 152 valence electrons. The van der Waals surface area contributed by atoms with Gasteiger partial charge in [0.05, 0.1) is 19.8 Å². The molecule has 2 heterocycles. The van der Waals surface area contributed by atoms with Crippen molar-refractivity contribution in [3.8, 4) is 11.5 Å². The quantitative estimate of drug-likeness (QED) is 0.574. The number of methoxy groups -OCH3 is 1. The zero-order valence-corrected chi connectivity index (χ0v) is 17.6. The van der Waals surface area contributed by atoms with E-state index in [4.69, 9.17) is 9.47 Å². The monoisotopic (exact) mass is 390 g/mol. The summed E-state index contributed by atoms with van der Waals surface area (Å²) in [4.78, 5) is 5.80. The molecule has 4 heteroatoms. The minimum atomic E-state index is 0.289. The summed E-state index contributed by atoms with van der Waals surface area (Å²) in [7, 11) is 1.71. The Morgan fingerprint density at radius 2 is 2.10 bits per heavy atom. The second kappa shape index (κ2) is 8.24. The van der Waals surface area contributed by atoms with Gasteiger partial charge in [-0.25, -0.2) is 0 Å². The maximum Gasteiger partial charge on any atom is 0.161 e. The largest absolute Gasteiger partial charge is 0.493 e. The van der Waals surface area contributed by atoms with E-state index in [1.165, 1.54) is 33.2 Å². The molecule has 0 unspecified atom stereocenters. The van der Waals surface area contributed by atoms with Crippen LogP contribution in [0.3, 0.4) is 0 Å². The molecule has 1 aliphatic rings. The molecule has 1 aromatic heterocycles. The Kier molecular flexibility index (Phi) is 5.52. The van der Waals surface area contributed by atoms with Gasteiger partial charge in [0.25, 0.3) is 0 Å². The zero-order valence-electron chi connectivity index (χ0n) is 17.6. The Labute approximate surface area is 173 Å². The standard InChI is InChI=1S/C25H30N2O2/c1-5-27-12-11-18-14-24(28-4)25(29-6-2)15-21(18)23(27)10-8-19-16-26-22-13-17(3)7-9-20(19)22/h5,7,9,13-16,23,26H,1,6,8,10-12H2,2-4H3/t23-/m0/s1. The average Bonchev–Trinajstić information content (AvgIpc) is 3.13. The smallest absolute Gasteiger partial charge is 0.161 e. The van der Waals surface area contributed by atoms with E-state index in [-0.39, 0.29) is 6.04 Å². The fourth-order valence-electron chi connectivity index (χ4n) is 4.50. The summed E-state index contributed by atoms with van der Waals surface area (Å²) in [6.45, 7) is 9.81. The van der Waals surface area contributed by atoms with Crippen molar-refractivity contribution in [1.82, 2.24) is 9.88 Å². The summed E-state index contributed by atoms with van der Waals surface area (Å²) in [6, 6.07) is 11.3. The zero-order chi connectivity index (χ0) is 20.4. The highest BCUT2D eigenvalue weighted by atomic mass is 16.5. The van der Waals surface area contributed by atoms with Gasteiger partial charge in [0, 0.05) is 23.6 Å². The first-order chi connectivity index (χ1) is 14.1. The number of aromatic amines is 1. The Bertz CT molecular complexity index is 1020. The van der Waals surface area contributed by atoms with Crippen LogP contribution in [0.5, 0.6) is 11.5 Å².